The molecular formula is C11H13ClN4S. The topological polar surface area (TPSA) is 63.8 Å². The van der Waals surface area contributed by atoms with E-state index in [-0.39, 0.29) is 5.54 Å². The predicted octanol–water partition coefficient (Wildman–Crippen LogP) is 3.12. The van der Waals surface area contributed by atoms with Crippen molar-refractivity contribution in [3.05, 3.63) is 33.9 Å². The van der Waals surface area contributed by atoms with Gasteiger partial charge >= 0.3 is 0 Å². The predicted molar refractivity (Wildman–Crippen MR) is 72.4 cm³/mol. The quantitative estimate of drug-likeness (QED) is 0.840. The van der Waals surface area contributed by atoms with E-state index in [4.69, 9.17) is 17.3 Å². The lowest BCUT2D eigenvalue weighted by atomic mass is 10.1. The molecule has 0 aliphatic rings. The van der Waals surface area contributed by atoms with Crippen LogP contribution in [0.2, 0.25) is 5.15 Å². The van der Waals surface area contributed by atoms with Gasteiger partial charge in [-0.2, -0.15) is 0 Å². The second kappa shape index (κ2) is 4.50. The fourth-order valence-electron chi connectivity index (χ4n) is 1.43. The molecule has 4 nitrogen and oxygen atoms in total. The van der Waals surface area contributed by atoms with Crippen molar-refractivity contribution in [1.82, 2.24) is 9.97 Å². The average molecular weight is 269 g/mol. The van der Waals surface area contributed by atoms with Crippen molar-refractivity contribution in [3.8, 4) is 0 Å². The molecule has 3 N–H and O–H groups in total. The molecule has 2 rings (SSSR count). The minimum absolute atomic E-state index is 0.333. The molecule has 0 aliphatic carbocycles. The van der Waals surface area contributed by atoms with Crippen molar-refractivity contribution in [2.45, 2.75) is 19.4 Å². The van der Waals surface area contributed by atoms with Crippen LogP contribution in [-0.4, -0.2) is 9.97 Å². The van der Waals surface area contributed by atoms with Crippen LogP contribution >= 0.6 is 22.9 Å². The minimum atomic E-state index is -0.333. The third-order valence-electron chi connectivity index (χ3n) is 2.29. The lowest BCUT2D eigenvalue weighted by Gasteiger charge is -2.25. The number of nitrogens with zero attached hydrogens (tertiary/aromatic N) is 2. The molecule has 0 bridgehead atoms. The summed E-state index contributed by atoms with van der Waals surface area (Å²) in [7, 11) is 0. The maximum absolute atomic E-state index is 5.85. The van der Waals surface area contributed by atoms with Gasteiger partial charge in [-0.15, -0.1) is 11.3 Å². The molecule has 0 saturated heterocycles. The van der Waals surface area contributed by atoms with E-state index in [2.05, 4.69) is 15.3 Å². The highest BCUT2D eigenvalue weighted by molar-refractivity contribution is 7.09. The van der Waals surface area contributed by atoms with Crippen LogP contribution < -0.4 is 11.1 Å². The van der Waals surface area contributed by atoms with Crippen molar-refractivity contribution < 1.29 is 0 Å². The van der Waals surface area contributed by atoms with Gasteiger partial charge in [0.05, 0.1) is 11.2 Å². The molecule has 17 heavy (non-hydrogen) atoms. The first-order chi connectivity index (χ1) is 7.99. The zero-order valence-electron chi connectivity index (χ0n) is 9.57. The number of anilines is 2. The molecule has 0 radical (unpaired) electrons. The van der Waals surface area contributed by atoms with Crippen LogP contribution in [0, 0.1) is 0 Å². The molecule has 0 unspecified atom stereocenters. The Labute approximate surface area is 109 Å². The summed E-state index contributed by atoms with van der Waals surface area (Å²) in [6.45, 7) is 4.04. The van der Waals surface area contributed by atoms with Crippen molar-refractivity contribution in [1.29, 1.82) is 0 Å². The summed E-state index contributed by atoms with van der Waals surface area (Å²) in [6.07, 6.45) is 1.78. The van der Waals surface area contributed by atoms with Crippen LogP contribution in [0.15, 0.2) is 23.7 Å². The third-order valence-corrected chi connectivity index (χ3v) is 3.60. The molecular weight excluding hydrogens is 256 g/mol. The molecule has 90 valence electrons. The smallest absolute Gasteiger partial charge is 0.151 e. The Morgan fingerprint density at radius 2 is 2.18 bits per heavy atom. The van der Waals surface area contributed by atoms with E-state index < -0.39 is 0 Å². The maximum atomic E-state index is 5.85. The number of nitrogen functional groups attached to an aromatic ring is 1. The van der Waals surface area contributed by atoms with Gasteiger partial charge in [-0.1, -0.05) is 11.6 Å². The first-order valence-electron chi connectivity index (χ1n) is 5.09. The molecule has 0 spiro atoms. The van der Waals surface area contributed by atoms with Gasteiger partial charge in [-0.05, 0) is 26.0 Å². The summed E-state index contributed by atoms with van der Waals surface area (Å²) in [5.41, 5.74) is 6.08. The Balaban J connectivity index is 2.29. The molecule has 2 heterocycles. The summed E-state index contributed by atoms with van der Waals surface area (Å²) < 4.78 is 0. The second-order valence-electron chi connectivity index (χ2n) is 4.16. The normalized spacial score (nSPS) is 11.5. The monoisotopic (exact) mass is 268 g/mol. The van der Waals surface area contributed by atoms with Gasteiger partial charge in [-0.3, -0.25) is 0 Å². The highest BCUT2D eigenvalue weighted by Crippen LogP contribution is 2.29. The SMILES string of the molecule is CC(C)(Nc1nc(Cl)ccc1N)c1nccs1. The van der Waals surface area contributed by atoms with Gasteiger partial charge in [0, 0.05) is 11.6 Å². The van der Waals surface area contributed by atoms with Crippen LogP contribution in [0.3, 0.4) is 0 Å². The lowest BCUT2D eigenvalue weighted by Crippen LogP contribution is -2.28. The average Bonchev–Trinajstić information content (AvgIpc) is 2.77. The van der Waals surface area contributed by atoms with E-state index in [9.17, 15) is 0 Å². The number of halogens is 1. The van der Waals surface area contributed by atoms with E-state index in [1.54, 1.807) is 29.7 Å². The first kappa shape index (κ1) is 12.1. The molecule has 0 aromatic carbocycles. The highest BCUT2D eigenvalue weighted by Gasteiger charge is 2.24. The van der Waals surface area contributed by atoms with Gasteiger partial charge in [-0.25, -0.2) is 9.97 Å². The van der Waals surface area contributed by atoms with Crippen molar-refractivity contribution in [2.24, 2.45) is 0 Å². The molecule has 6 heteroatoms. The van der Waals surface area contributed by atoms with E-state index >= 15 is 0 Å². The number of hydrogen-bond acceptors (Lipinski definition) is 5. The zero-order chi connectivity index (χ0) is 12.5. The van der Waals surface area contributed by atoms with Gasteiger partial charge in [0.15, 0.2) is 5.82 Å². The number of pyridine rings is 1. The maximum Gasteiger partial charge on any atom is 0.151 e. The van der Waals surface area contributed by atoms with E-state index in [0.29, 0.717) is 16.7 Å². The molecule has 2 aromatic heterocycles. The summed E-state index contributed by atoms with van der Waals surface area (Å²) >= 11 is 7.43. The number of thiazole rings is 1. The van der Waals surface area contributed by atoms with Crippen LogP contribution in [0.4, 0.5) is 11.5 Å². The summed E-state index contributed by atoms with van der Waals surface area (Å²) in [5, 5.41) is 6.58. The fourth-order valence-corrected chi connectivity index (χ4v) is 2.29. The fraction of sp³-hybridized carbons (Fsp3) is 0.273. The molecule has 0 aliphatic heterocycles. The molecule has 0 saturated carbocycles. The Morgan fingerprint density at radius 1 is 1.41 bits per heavy atom. The highest BCUT2D eigenvalue weighted by atomic mass is 35.5. The molecule has 0 amide bonds. The second-order valence-corrected chi connectivity index (χ2v) is 5.44. The van der Waals surface area contributed by atoms with E-state index in [0.717, 1.165) is 5.01 Å². The van der Waals surface area contributed by atoms with E-state index in [1.165, 1.54) is 0 Å². The Bertz CT molecular complexity index is 510. The minimum Gasteiger partial charge on any atom is -0.396 e. The van der Waals surface area contributed by atoms with Gasteiger partial charge in [0.2, 0.25) is 0 Å². The molecule has 2 aromatic rings. The van der Waals surface area contributed by atoms with Crippen LogP contribution in [0.5, 0.6) is 0 Å². The molecule has 0 fully saturated rings. The van der Waals surface area contributed by atoms with Crippen LogP contribution in [0.25, 0.3) is 0 Å². The Morgan fingerprint density at radius 3 is 2.82 bits per heavy atom. The molecule has 0 atom stereocenters. The van der Waals surface area contributed by atoms with Crippen LogP contribution in [-0.2, 0) is 5.54 Å². The van der Waals surface area contributed by atoms with Crippen LogP contribution in [0.1, 0.15) is 18.9 Å². The number of hydrogen-bond donors (Lipinski definition) is 2. The zero-order valence-corrected chi connectivity index (χ0v) is 11.1. The summed E-state index contributed by atoms with van der Waals surface area (Å²) in [6, 6.07) is 3.40. The van der Waals surface area contributed by atoms with Gasteiger partial charge in [0.25, 0.3) is 0 Å². The summed E-state index contributed by atoms with van der Waals surface area (Å²) in [5.74, 6) is 0.581. The first-order valence-corrected chi connectivity index (χ1v) is 6.35. The largest absolute Gasteiger partial charge is 0.396 e. The van der Waals surface area contributed by atoms with Crippen molar-refractivity contribution in [3.63, 3.8) is 0 Å². The Hall–Kier alpha value is -1.33. The number of aromatic nitrogens is 2. The lowest BCUT2D eigenvalue weighted by molar-refractivity contribution is 0.601. The van der Waals surface area contributed by atoms with Crippen molar-refractivity contribution >= 4 is 34.4 Å². The standard InChI is InChI=1S/C11H13ClN4S/c1-11(2,10-14-5-6-17-10)16-9-7(13)3-4-8(12)15-9/h3-6H,13H2,1-2H3,(H,15,16). The third kappa shape index (κ3) is 2.68. The number of rotatable bonds is 3. The van der Waals surface area contributed by atoms with E-state index in [1.807, 2.05) is 19.2 Å². The Kier molecular flexibility index (Phi) is 3.22. The van der Waals surface area contributed by atoms with Gasteiger partial charge in [0.1, 0.15) is 10.2 Å². The number of nitrogens with one attached hydrogen (secondary N) is 1. The number of nitrogens with two attached hydrogens (primary N) is 1. The van der Waals surface area contributed by atoms with Crippen molar-refractivity contribution in [2.75, 3.05) is 11.1 Å². The summed E-state index contributed by atoms with van der Waals surface area (Å²) in [4.78, 5) is 8.46. The van der Waals surface area contributed by atoms with Gasteiger partial charge < -0.3 is 11.1 Å².